The largest absolute Gasteiger partial charge is 0.486 e. The number of ether oxygens (including phenoxy) is 3. The molecule has 4 rings (SSSR count). The van der Waals surface area contributed by atoms with Crippen LogP contribution in [0.5, 0.6) is 11.5 Å². The van der Waals surface area contributed by atoms with Crippen molar-refractivity contribution in [2.45, 2.75) is 25.6 Å². The molecule has 3 aromatic rings. The lowest BCUT2D eigenvalue weighted by atomic mass is 10.1. The number of aromatic amines is 1. The van der Waals surface area contributed by atoms with Gasteiger partial charge in [0.25, 0.3) is 0 Å². The summed E-state index contributed by atoms with van der Waals surface area (Å²) in [4.78, 5) is 11.2. The zero-order valence-corrected chi connectivity index (χ0v) is 17.2. The second-order valence-electron chi connectivity index (χ2n) is 7.72. The first-order chi connectivity index (χ1) is 14.7. The number of nitrogens with zero attached hydrogens (tertiary/aromatic N) is 2. The number of rotatable bonds is 6. The van der Waals surface area contributed by atoms with E-state index in [2.05, 4.69) is 25.6 Å². The molecule has 0 spiro atoms. The lowest BCUT2D eigenvalue weighted by molar-refractivity contribution is -0.136. The smallest absolute Gasteiger partial charge is 0.418 e. The van der Waals surface area contributed by atoms with Crippen molar-refractivity contribution in [2.75, 3.05) is 37.6 Å². The second kappa shape index (κ2) is 7.80. The summed E-state index contributed by atoms with van der Waals surface area (Å²) in [6.07, 6.45) is -3.68. The van der Waals surface area contributed by atoms with Crippen LogP contribution in [0.2, 0.25) is 0 Å². The van der Waals surface area contributed by atoms with Gasteiger partial charge in [-0.15, -0.1) is 0 Å². The van der Waals surface area contributed by atoms with Gasteiger partial charge in [-0.1, -0.05) is 6.07 Å². The molecule has 0 fully saturated rings. The molecule has 3 heterocycles. The van der Waals surface area contributed by atoms with Crippen molar-refractivity contribution in [3.63, 3.8) is 0 Å². The number of benzene rings is 1. The van der Waals surface area contributed by atoms with E-state index in [0.29, 0.717) is 30.4 Å². The monoisotopic (exact) mass is 437 g/mol. The Kier molecular flexibility index (Phi) is 5.29. The zero-order valence-electron chi connectivity index (χ0n) is 17.2. The number of halogens is 3. The number of alkyl halides is 3. The Balaban J connectivity index is 1.79. The Hall–Kier alpha value is -3.21. The van der Waals surface area contributed by atoms with Crippen LogP contribution in [-0.2, 0) is 10.9 Å². The lowest BCUT2D eigenvalue weighted by Gasteiger charge is -2.27. The molecule has 0 radical (unpaired) electrons. The Labute approximate surface area is 176 Å². The summed E-state index contributed by atoms with van der Waals surface area (Å²) >= 11 is 0. The molecule has 0 aliphatic carbocycles. The summed E-state index contributed by atoms with van der Waals surface area (Å²) in [5, 5.41) is 5.95. The SMILES string of the molecule is COCC(C)(C)Nc1nc(Nc2cccc3c2OCCO3)nc2[nH]cc(C(F)(F)F)c12. The highest BCUT2D eigenvalue weighted by molar-refractivity contribution is 5.92. The standard InChI is InChI=1S/C20H22F3N5O3/c1-19(2,10-29-3)28-17-14-11(20(21,22)23)9-24-16(14)26-18(27-17)25-12-5-4-6-13-15(12)31-8-7-30-13/h4-6,9H,7-8,10H2,1-3H3,(H3,24,25,26,27,28). The minimum atomic E-state index is -4.57. The third-order valence-electron chi connectivity index (χ3n) is 4.61. The lowest BCUT2D eigenvalue weighted by Crippen LogP contribution is -2.36. The third kappa shape index (κ3) is 4.31. The maximum Gasteiger partial charge on any atom is 0.418 e. The fourth-order valence-corrected chi connectivity index (χ4v) is 3.41. The highest BCUT2D eigenvalue weighted by Gasteiger charge is 2.36. The fourth-order valence-electron chi connectivity index (χ4n) is 3.41. The molecular formula is C20H22F3N5O3. The number of para-hydroxylation sites is 1. The van der Waals surface area contributed by atoms with Crippen LogP contribution in [-0.4, -0.2) is 47.4 Å². The first-order valence-corrected chi connectivity index (χ1v) is 9.57. The molecule has 0 saturated carbocycles. The summed E-state index contributed by atoms with van der Waals surface area (Å²) in [5.74, 6) is 1.19. The van der Waals surface area contributed by atoms with E-state index in [-0.39, 0.29) is 29.4 Å². The van der Waals surface area contributed by atoms with Gasteiger partial charge in [-0.05, 0) is 26.0 Å². The topological polar surface area (TPSA) is 93.3 Å². The molecule has 0 bridgehead atoms. The molecule has 11 heteroatoms. The number of nitrogens with one attached hydrogen (secondary N) is 3. The Bertz CT molecular complexity index is 1100. The van der Waals surface area contributed by atoms with Crippen LogP contribution in [0.25, 0.3) is 11.0 Å². The highest BCUT2D eigenvalue weighted by Crippen LogP contribution is 2.40. The van der Waals surface area contributed by atoms with Crippen molar-refractivity contribution in [3.05, 3.63) is 30.0 Å². The molecule has 3 N–H and O–H groups in total. The van der Waals surface area contributed by atoms with Crippen LogP contribution in [0.3, 0.4) is 0 Å². The van der Waals surface area contributed by atoms with E-state index in [9.17, 15) is 13.2 Å². The number of methoxy groups -OCH3 is 1. The molecule has 1 aromatic carbocycles. The number of hydrogen-bond donors (Lipinski definition) is 3. The Morgan fingerprint density at radius 3 is 2.68 bits per heavy atom. The summed E-state index contributed by atoms with van der Waals surface area (Å²) in [7, 11) is 1.52. The molecule has 2 aromatic heterocycles. The molecule has 0 unspecified atom stereocenters. The number of fused-ring (bicyclic) bond motifs is 2. The van der Waals surface area contributed by atoms with Gasteiger partial charge in [0.2, 0.25) is 5.95 Å². The molecular weight excluding hydrogens is 415 g/mol. The Morgan fingerprint density at radius 2 is 1.94 bits per heavy atom. The maximum absolute atomic E-state index is 13.6. The maximum atomic E-state index is 13.6. The predicted molar refractivity (Wildman–Crippen MR) is 109 cm³/mol. The zero-order chi connectivity index (χ0) is 22.2. The minimum absolute atomic E-state index is 0.0325. The van der Waals surface area contributed by atoms with Crippen LogP contribution >= 0.6 is 0 Å². The first kappa shape index (κ1) is 21.0. The van der Waals surface area contributed by atoms with Crippen LogP contribution in [0.15, 0.2) is 24.4 Å². The van der Waals surface area contributed by atoms with Gasteiger partial charge in [-0.25, -0.2) is 0 Å². The average molecular weight is 437 g/mol. The molecule has 1 aliphatic rings. The Morgan fingerprint density at radius 1 is 1.16 bits per heavy atom. The van der Waals surface area contributed by atoms with Gasteiger partial charge in [-0.3, -0.25) is 0 Å². The van der Waals surface area contributed by atoms with Crippen LogP contribution < -0.4 is 20.1 Å². The predicted octanol–water partition coefficient (Wildman–Crippen LogP) is 4.33. The summed E-state index contributed by atoms with van der Waals surface area (Å²) in [6.45, 7) is 4.68. The molecule has 0 amide bonds. The van der Waals surface area contributed by atoms with Crippen LogP contribution in [0.1, 0.15) is 19.4 Å². The molecule has 8 nitrogen and oxygen atoms in total. The van der Waals surface area contributed by atoms with E-state index in [4.69, 9.17) is 14.2 Å². The summed E-state index contributed by atoms with van der Waals surface area (Å²) in [5.41, 5.74) is -0.946. The van der Waals surface area contributed by atoms with E-state index >= 15 is 0 Å². The number of anilines is 3. The van der Waals surface area contributed by atoms with Gasteiger partial charge in [0.05, 0.1) is 28.8 Å². The van der Waals surface area contributed by atoms with Gasteiger partial charge >= 0.3 is 6.18 Å². The summed E-state index contributed by atoms with van der Waals surface area (Å²) in [6, 6.07) is 5.29. The molecule has 166 valence electrons. The van der Waals surface area contributed by atoms with Gasteiger partial charge in [0.15, 0.2) is 11.5 Å². The van der Waals surface area contributed by atoms with E-state index < -0.39 is 17.3 Å². The molecule has 1 aliphatic heterocycles. The second-order valence-corrected chi connectivity index (χ2v) is 7.72. The van der Waals surface area contributed by atoms with E-state index in [1.54, 1.807) is 32.0 Å². The van der Waals surface area contributed by atoms with Crippen molar-refractivity contribution in [3.8, 4) is 11.5 Å². The van der Waals surface area contributed by atoms with Gasteiger partial charge in [-0.2, -0.15) is 23.1 Å². The molecule has 0 saturated heterocycles. The van der Waals surface area contributed by atoms with Gasteiger partial charge in [0.1, 0.15) is 24.7 Å². The number of aromatic nitrogens is 3. The van der Waals surface area contributed by atoms with Crippen molar-refractivity contribution < 1.29 is 27.4 Å². The van der Waals surface area contributed by atoms with Crippen molar-refractivity contribution in [1.82, 2.24) is 15.0 Å². The van der Waals surface area contributed by atoms with E-state index in [1.165, 1.54) is 7.11 Å². The van der Waals surface area contributed by atoms with Crippen molar-refractivity contribution in [2.24, 2.45) is 0 Å². The van der Waals surface area contributed by atoms with Gasteiger partial charge < -0.3 is 29.8 Å². The minimum Gasteiger partial charge on any atom is -0.486 e. The highest BCUT2D eigenvalue weighted by atomic mass is 19.4. The quantitative estimate of drug-likeness (QED) is 0.529. The third-order valence-corrected chi connectivity index (χ3v) is 4.61. The van der Waals surface area contributed by atoms with E-state index in [0.717, 1.165) is 6.20 Å². The van der Waals surface area contributed by atoms with Crippen molar-refractivity contribution >= 4 is 28.5 Å². The first-order valence-electron chi connectivity index (χ1n) is 9.57. The van der Waals surface area contributed by atoms with Crippen LogP contribution in [0, 0.1) is 0 Å². The number of hydrogen-bond acceptors (Lipinski definition) is 7. The molecule has 0 atom stereocenters. The fraction of sp³-hybridized carbons (Fsp3) is 0.400. The van der Waals surface area contributed by atoms with Crippen molar-refractivity contribution in [1.29, 1.82) is 0 Å². The van der Waals surface area contributed by atoms with E-state index in [1.807, 2.05) is 0 Å². The number of H-pyrrole nitrogens is 1. The van der Waals surface area contributed by atoms with Crippen LogP contribution in [0.4, 0.5) is 30.6 Å². The molecule has 31 heavy (non-hydrogen) atoms. The average Bonchev–Trinajstić information content (AvgIpc) is 3.13. The summed E-state index contributed by atoms with van der Waals surface area (Å²) < 4.78 is 57.1. The normalized spacial score (nSPS) is 14.0. The van der Waals surface area contributed by atoms with Gasteiger partial charge in [0, 0.05) is 13.3 Å².